The maximum Gasteiger partial charge on any atom is 0.274 e. The van der Waals surface area contributed by atoms with Crippen molar-refractivity contribution in [3.05, 3.63) is 47.3 Å². The zero-order chi connectivity index (χ0) is 18.8. The Morgan fingerprint density at radius 3 is 2.41 bits per heavy atom. The van der Waals surface area contributed by atoms with Crippen LogP contribution in [0.2, 0.25) is 0 Å². The molecule has 2 aromatic rings. The summed E-state index contributed by atoms with van der Waals surface area (Å²) in [6.45, 7) is 2.19. The molecule has 1 aromatic heterocycles. The van der Waals surface area contributed by atoms with Gasteiger partial charge in [-0.3, -0.25) is 14.7 Å². The van der Waals surface area contributed by atoms with E-state index in [1.807, 2.05) is 35.2 Å². The Hall–Kier alpha value is -2.83. The van der Waals surface area contributed by atoms with Gasteiger partial charge < -0.3 is 14.5 Å². The zero-order valence-electron chi connectivity index (χ0n) is 15.5. The molecule has 2 fully saturated rings. The fourth-order valence-electron chi connectivity index (χ4n) is 3.40. The summed E-state index contributed by atoms with van der Waals surface area (Å²) in [6.07, 6.45) is 2.71. The zero-order valence-corrected chi connectivity index (χ0v) is 15.5. The van der Waals surface area contributed by atoms with Gasteiger partial charge in [0.25, 0.3) is 5.91 Å². The van der Waals surface area contributed by atoms with Gasteiger partial charge in [0, 0.05) is 37.8 Å². The lowest BCUT2D eigenvalue weighted by molar-refractivity contribution is -0.131. The minimum atomic E-state index is -0.0552. The molecule has 2 aliphatic rings. The van der Waals surface area contributed by atoms with Crippen molar-refractivity contribution in [1.82, 2.24) is 20.0 Å². The van der Waals surface area contributed by atoms with Gasteiger partial charge in [0.15, 0.2) is 0 Å². The van der Waals surface area contributed by atoms with Gasteiger partial charge in [-0.05, 0) is 36.6 Å². The van der Waals surface area contributed by atoms with Crippen LogP contribution in [0.5, 0.6) is 5.75 Å². The van der Waals surface area contributed by atoms with Crippen LogP contribution < -0.4 is 4.74 Å². The van der Waals surface area contributed by atoms with E-state index in [-0.39, 0.29) is 11.8 Å². The second kappa shape index (κ2) is 7.42. The van der Waals surface area contributed by atoms with Crippen molar-refractivity contribution in [3.8, 4) is 5.75 Å². The number of carbonyl (C=O) groups is 2. The van der Waals surface area contributed by atoms with Crippen LogP contribution in [0.15, 0.2) is 30.3 Å². The molecule has 0 radical (unpaired) electrons. The number of benzene rings is 1. The fraction of sp³-hybridized carbons (Fsp3) is 0.450. The maximum absolute atomic E-state index is 12.6. The first-order valence-electron chi connectivity index (χ1n) is 9.39. The molecule has 1 aliphatic carbocycles. The van der Waals surface area contributed by atoms with Gasteiger partial charge in [0.2, 0.25) is 5.91 Å². The molecule has 7 nitrogen and oxygen atoms in total. The number of H-pyrrole nitrogens is 1. The van der Waals surface area contributed by atoms with Gasteiger partial charge in [-0.25, -0.2) is 0 Å². The number of piperazine rings is 1. The Kier molecular flexibility index (Phi) is 4.83. The highest BCUT2D eigenvalue weighted by Crippen LogP contribution is 2.39. The Labute approximate surface area is 158 Å². The smallest absolute Gasteiger partial charge is 0.274 e. The minimum Gasteiger partial charge on any atom is -0.497 e. The molecule has 2 heterocycles. The number of carbonyl (C=O) groups excluding carboxylic acids is 2. The predicted octanol–water partition coefficient (Wildman–Crippen LogP) is 1.82. The SMILES string of the molecule is COc1ccc(CC(=O)N2CCN(C(=O)c3cc(C4CC4)[nH]n3)CC2)cc1. The van der Waals surface area contributed by atoms with Crippen LogP contribution in [-0.2, 0) is 11.2 Å². The molecule has 4 rings (SSSR count). The number of rotatable bonds is 5. The molecule has 0 atom stereocenters. The number of amides is 2. The molecular formula is C20H24N4O3. The van der Waals surface area contributed by atoms with Crippen molar-refractivity contribution >= 4 is 11.8 Å². The first kappa shape index (κ1) is 17.6. The number of hydrogen-bond acceptors (Lipinski definition) is 4. The summed E-state index contributed by atoms with van der Waals surface area (Å²) >= 11 is 0. The topological polar surface area (TPSA) is 78.5 Å². The van der Waals surface area contributed by atoms with E-state index in [4.69, 9.17) is 4.74 Å². The minimum absolute atomic E-state index is 0.0552. The third-order valence-electron chi connectivity index (χ3n) is 5.27. The quantitative estimate of drug-likeness (QED) is 0.873. The van der Waals surface area contributed by atoms with Gasteiger partial charge in [0.05, 0.1) is 13.5 Å². The number of hydrogen-bond donors (Lipinski definition) is 1. The molecule has 1 saturated heterocycles. The lowest BCUT2D eigenvalue weighted by atomic mass is 10.1. The molecule has 7 heteroatoms. The fourth-order valence-corrected chi connectivity index (χ4v) is 3.40. The lowest BCUT2D eigenvalue weighted by Gasteiger charge is -2.34. The van der Waals surface area contributed by atoms with E-state index in [2.05, 4.69) is 10.2 Å². The molecule has 142 valence electrons. The number of nitrogens with zero attached hydrogens (tertiary/aromatic N) is 3. The van der Waals surface area contributed by atoms with Gasteiger partial charge in [0.1, 0.15) is 11.4 Å². The molecular weight excluding hydrogens is 344 g/mol. The Bertz CT molecular complexity index is 818. The molecule has 1 saturated carbocycles. The van der Waals surface area contributed by atoms with Crippen molar-refractivity contribution in [2.24, 2.45) is 0 Å². The van der Waals surface area contributed by atoms with E-state index in [1.54, 1.807) is 12.0 Å². The third kappa shape index (κ3) is 3.97. The van der Waals surface area contributed by atoms with Gasteiger partial charge in [-0.1, -0.05) is 12.1 Å². The summed E-state index contributed by atoms with van der Waals surface area (Å²) in [4.78, 5) is 28.7. The number of aromatic nitrogens is 2. The standard InChI is InChI=1S/C20H24N4O3/c1-27-16-6-2-14(3-7-16)12-19(25)23-8-10-24(11-9-23)20(26)18-13-17(21-22-18)15-4-5-15/h2-3,6-7,13,15H,4-5,8-12H2,1H3,(H,21,22). The average Bonchev–Trinajstić information content (AvgIpc) is 3.45. The van der Waals surface area contributed by atoms with E-state index < -0.39 is 0 Å². The second-order valence-electron chi connectivity index (χ2n) is 7.18. The summed E-state index contributed by atoms with van der Waals surface area (Å²) in [5, 5.41) is 7.15. The van der Waals surface area contributed by atoms with Crippen LogP contribution in [0.3, 0.4) is 0 Å². The molecule has 2 amide bonds. The Balaban J connectivity index is 1.29. The molecule has 0 bridgehead atoms. The van der Waals surface area contributed by atoms with Crippen molar-refractivity contribution in [3.63, 3.8) is 0 Å². The predicted molar refractivity (Wildman–Crippen MR) is 99.7 cm³/mol. The van der Waals surface area contributed by atoms with Crippen LogP contribution in [0, 0.1) is 0 Å². The number of ether oxygens (including phenoxy) is 1. The first-order valence-corrected chi connectivity index (χ1v) is 9.39. The highest BCUT2D eigenvalue weighted by Gasteiger charge is 2.29. The number of nitrogens with one attached hydrogen (secondary N) is 1. The average molecular weight is 368 g/mol. The molecule has 1 N–H and O–H groups in total. The third-order valence-corrected chi connectivity index (χ3v) is 5.27. The van der Waals surface area contributed by atoms with Crippen LogP contribution in [0.25, 0.3) is 0 Å². The van der Waals surface area contributed by atoms with Crippen molar-refractivity contribution in [1.29, 1.82) is 0 Å². The van der Waals surface area contributed by atoms with Crippen molar-refractivity contribution in [2.75, 3.05) is 33.3 Å². The normalized spacial score (nSPS) is 17.1. The van der Waals surface area contributed by atoms with Crippen molar-refractivity contribution in [2.45, 2.75) is 25.2 Å². The molecule has 1 aromatic carbocycles. The molecule has 0 spiro atoms. The Morgan fingerprint density at radius 1 is 1.11 bits per heavy atom. The van der Waals surface area contributed by atoms with E-state index in [0.29, 0.717) is 44.2 Å². The van der Waals surface area contributed by atoms with Gasteiger partial charge in [-0.15, -0.1) is 0 Å². The highest BCUT2D eigenvalue weighted by molar-refractivity contribution is 5.92. The van der Waals surface area contributed by atoms with E-state index in [0.717, 1.165) is 17.0 Å². The van der Waals surface area contributed by atoms with Gasteiger partial charge in [-0.2, -0.15) is 5.10 Å². The number of aromatic amines is 1. The monoisotopic (exact) mass is 368 g/mol. The van der Waals surface area contributed by atoms with E-state index in [1.165, 1.54) is 12.8 Å². The number of methoxy groups -OCH3 is 1. The van der Waals surface area contributed by atoms with Crippen molar-refractivity contribution < 1.29 is 14.3 Å². The summed E-state index contributed by atoms with van der Waals surface area (Å²) in [5.74, 6) is 1.36. The first-order chi connectivity index (χ1) is 13.1. The van der Waals surface area contributed by atoms with Crippen LogP contribution in [0.1, 0.15) is 40.5 Å². The molecule has 1 aliphatic heterocycles. The van der Waals surface area contributed by atoms with Gasteiger partial charge >= 0.3 is 0 Å². The van der Waals surface area contributed by atoms with E-state index >= 15 is 0 Å². The van der Waals surface area contributed by atoms with Crippen LogP contribution in [-0.4, -0.2) is 65.1 Å². The van der Waals surface area contributed by atoms with Crippen LogP contribution in [0.4, 0.5) is 0 Å². The Morgan fingerprint density at radius 2 is 1.78 bits per heavy atom. The summed E-state index contributed by atoms with van der Waals surface area (Å²) in [7, 11) is 1.62. The van der Waals surface area contributed by atoms with Crippen LogP contribution >= 0.6 is 0 Å². The second-order valence-corrected chi connectivity index (χ2v) is 7.18. The summed E-state index contributed by atoms with van der Waals surface area (Å²) < 4.78 is 5.14. The largest absolute Gasteiger partial charge is 0.497 e. The highest BCUT2D eigenvalue weighted by atomic mass is 16.5. The maximum atomic E-state index is 12.6. The summed E-state index contributed by atoms with van der Waals surface area (Å²) in [5.41, 5.74) is 2.50. The summed E-state index contributed by atoms with van der Waals surface area (Å²) in [6, 6.07) is 9.41. The molecule has 0 unspecified atom stereocenters. The van der Waals surface area contributed by atoms with E-state index in [9.17, 15) is 9.59 Å². The molecule has 27 heavy (non-hydrogen) atoms. The lowest BCUT2D eigenvalue weighted by Crippen LogP contribution is -2.51.